The van der Waals surface area contributed by atoms with Crippen LogP contribution in [0.25, 0.3) is 0 Å². The van der Waals surface area contributed by atoms with E-state index in [1.165, 1.54) is 65.0 Å². The van der Waals surface area contributed by atoms with Crippen LogP contribution in [0.3, 0.4) is 0 Å². The molecule has 0 aromatic carbocycles. The fraction of sp³-hybridized carbons (Fsp3) is 1.00. The second-order valence-electron chi connectivity index (χ2n) is 5.93. The lowest BCUT2D eigenvalue weighted by molar-refractivity contribution is 0.152. The molecular weight excluding hydrogens is 210 g/mol. The molecule has 1 aliphatic carbocycles. The monoisotopic (exact) mass is 239 g/mol. The van der Waals surface area contributed by atoms with Crippen molar-refractivity contribution >= 4 is 0 Å². The number of nitrogens with zero attached hydrogens (tertiary/aromatic N) is 2. The van der Waals surface area contributed by atoms with Gasteiger partial charge in [-0.2, -0.15) is 0 Å². The summed E-state index contributed by atoms with van der Waals surface area (Å²) in [5, 5.41) is 3.73. The lowest BCUT2D eigenvalue weighted by Crippen LogP contribution is -2.47. The SMILES string of the molecule is CC(NCCN1CCN(C)CC1)C1CCCC1. The highest BCUT2D eigenvalue weighted by atomic mass is 15.2. The summed E-state index contributed by atoms with van der Waals surface area (Å²) in [6.45, 7) is 9.73. The van der Waals surface area contributed by atoms with Gasteiger partial charge in [-0.3, -0.25) is 4.90 Å². The lowest BCUT2D eigenvalue weighted by atomic mass is 10.00. The molecule has 2 fully saturated rings. The van der Waals surface area contributed by atoms with E-state index in [4.69, 9.17) is 0 Å². The average molecular weight is 239 g/mol. The number of rotatable bonds is 5. The van der Waals surface area contributed by atoms with Gasteiger partial charge in [-0.1, -0.05) is 12.8 Å². The fourth-order valence-electron chi connectivity index (χ4n) is 3.15. The van der Waals surface area contributed by atoms with E-state index in [9.17, 15) is 0 Å². The van der Waals surface area contributed by atoms with E-state index >= 15 is 0 Å². The molecule has 100 valence electrons. The van der Waals surface area contributed by atoms with Gasteiger partial charge in [0.1, 0.15) is 0 Å². The molecule has 1 heterocycles. The van der Waals surface area contributed by atoms with Gasteiger partial charge in [-0.15, -0.1) is 0 Å². The molecule has 17 heavy (non-hydrogen) atoms. The first-order valence-electron chi connectivity index (χ1n) is 7.40. The van der Waals surface area contributed by atoms with Crippen LogP contribution < -0.4 is 5.32 Å². The molecule has 1 aliphatic heterocycles. The zero-order valence-electron chi connectivity index (χ0n) is 11.6. The number of nitrogens with one attached hydrogen (secondary N) is 1. The Kier molecular flexibility index (Phi) is 5.26. The second kappa shape index (κ2) is 6.72. The normalized spacial score (nSPS) is 26.5. The smallest absolute Gasteiger partial charge is 0.0110 e. The van der Waals surface area contributed by atoms with E-state index < -0.39 is 0 Å². The third-order valence-electron chi connectivity index (χ3n) is 4.60. The molecule has 0 bridgehead atoms. The van der Waals surface area contributed by atoms with Crippen LogP contribution in [0.4, 0.5) is 0 Å². The van der Waals surface area contributed by atoms with E-state index in [2.05, 4.69) is 29.1 Å². The molecule has 0 amide bonds. The van der Waals surface area contributed by atoms with Gasteiger partial charge in [0.2, 0.25) is 0 Å². The Balaban J connectivity index is 1.56. The molecule has 1 unspecified atom stereocenters. The lowest BCUT2D eigenvalue weighted by Gasteiger charge is -2.33. The summed E-state index contributed by atoms with van der Waals surface area (Å²) < 4.78 is 0. The largest absolute Gasteiger partial charge is 0.313 e. The van der Waals surface area contributed by atoms with Crippen molar-refractivity contribution in [2.75, 3.05) is 46.3 Å². The predicted molar refractivity (Wildman–Crippen MR) is 73.4 cm³/mol. The minimum Gasteiger partial charge on any atom is -0.313 e. The molecule has 3 nitrogen and oxygen atoms in total. The Bertz CT molecular complexity index is 206. The van der Waals surface area contributed by atoms with Crippen LogP contribution in [-0.4, -0.2) is 62.2 Å². The Hall–Kier alpha value is -0.120. The van der Waals surface area contributed by atoms with Gasteiger partial charge in [0.15, 0.2) is 0 Å². The molecule has 1 saturated carbocycles. The predicted octanol–water partition coefficient (Wildman–Crippen LogP) is 1.40. The fourth-order valence-corrected chi connectivity index (χ4v) is 3.15. The van der Waals surface area contributed by atoms with Gasteiger partial charge in [0.05, 0.1) is 0 Å². The van der Waals surface area contributed by atoms with Gasteiger partial charge in [-0.05, 0) is 32.7 Å². The molecule has 1 N–H and O–H groups in total. The van der Waals surface area contributed by atoms with Crippen LogP contribution in [-0.2, 0) is 0 Å². The number of hydrogen-bond acceptors (Lipinski definition) is 3. The molecule has 1 saturated heterocycles. The third-order valence-corrected chi connectivity index (χ3v) is 4.60. The maximum Gasteiger partial charge on any atom is 0.0110 e. The van der Waals surface area contributed by atoms with Crippen molar-refractivity contribution in [3.8, 4) is 0 Å². The Morgan fingerprint density at radius 1 is 1.12 bits per heavy atom. The van der Waals surface area contributed by atoms with E-state index in [0.717, 1.165) is 12.0 Å². The van der Waals surface area contributed by atoms with Gasteiger partial charge in [0.25, 0.3) is 0 Å². The van der Waals surface area contributed by atoms with E-state index in [-0.39, 0.29) is 0 Å². The highest BCUT2D eigenvalue weighted by Gasteiger charge is 2.21. The minimum absolute atomic E-state index is 0.727. The summed E-state index contributed by atoms with van der Waals surface area (Å²) in [5.41, 5.74) is 0. The van der Waals surface area contributed by atoms with Crippen LogP contribution in [0, 0.1) is 5.92 Å². The zero-order chi connectivity index (χ0) is 12.1. The Morgan fingerprint density at radius 2 is 1.76 bits per heavy atom. The summed E-state index contributed by atoms with van der Waals surface area (Å²) in [7, 11) is 2.22. The van der Waals surface area contributed by atoms with E-state index in [1.807, 2.05) is 0 Å². The quantitative estimate of drug-likeness (QED) is 0.782. The molecular formula is C14H29N3. The number of piperazine rings is 1. The first kappa shape index (κ1) is 13.3. The maximum atomic E-state index is 3.73. The zero-order valence-corrected chi connectivity index (χ0v) is 11.6. The molecule has 2 aliphatic rings. The van der Waals surface area contributed by atoms with Crippen LogP contribution in [0.2, 0.25) is 0 Å². The van der Waals surface area contributed by atoms with Gasteiger partial charge >= 0.3 is 0 Å². The van der Waals surface area contributed by atoms with Crippen molar-refractivity contribution in [2.45, 2.75) is 38.6 Å². The van der Waals surface area contributed by atoms with Crippen molar-refractivity contribution in [3.05, 3.63) is 0 Å². The maximum absolute atomic E-state index is 3.73. The highest BCUT2D eigenvalue weighted by molar-refractivity contribution is 4.78. The minimum atomic E-state index is 0.727. The van der Waals surface area contributed by atoms with Gasteiger partial charge in [-0.25, -0.2) is 0 Å². The molecule has 3 heteroatoms. The average Bonchev–Trinajstić information content (AvgIpc) is 2.85. The molecule has 0 spiro atoms. The first-order valence-corrected chi connectivity index (χ1v) is 7.40. The summed E-state index contributed by atoms with van der Waals surface area (Å²) >= 11 is 0. The molecule has 0 aromatic heterocycles. The van der Waals surface area contributed by atoms with Crippen molar-refractivity contribution in [1.82, 2.24) is 15.1 Å². The van der Waals surface area contributed by atoms with Crippen molar-refractivity contribution in [3.63, 3.8) is 0 Å². The summed E-state index contributed by atoms with van der Waals surface area (Å²) in [4.78, 5) is 5.01. The standard InChI is InChI=1S/C14H29N3/c1-13(14-5-3-4-6-14)15-7-8-17-11-9-16(2)10-12-17/h13-15H,3-12H2,1-2H3. The Labute approximate surface area is 107 Å². The number of likely N-dealkylation sites (N-methyl/N-ethyl adjacent to an activating group) is 1. The van der Waals surface area contributed by atoms with Gasteiger partial charge < -0.3 is 10.2 Å². The summed E-state index contributed by atoms with van der Waals surface area (Å²) in [5.74, 6) is 0.947. The van der Waals surface area contributed by atoms with Crippen molar-refractivity contribution in [2.24, 2.45) is 5.92 Å². The van der Waals surface area contributed by atoms with Crippen LogP contribution in [0.5, 0.6) is 0 Å². The molecule has 1 atom stereocenters. The van der Waals surface area contributed by atoms with Crippen molar-refractivity contribution in [1.29, 1.82) is 0 Å². The summed E-state index contributed by atoms with van der Waals surface area (Å²) in [6.07, 6.45) is 5.80. The van der Waals surface area contributed by atoms with E-state index in [0.29, 0.717) is 0 Å². The van der Waals surface area contributed by atoms with Crippen LogP contribution >= 0.6 is 0 Å². The summed E-state index contributed by atoms with van der Waals surface area (Å²) in [6, 6.07) is 0.727. The van der Waals surface area contributed by atoms with Crippen molar-refractivity contribution < 1.29 is 0 Å². The molecule has 0 aromatic rings. The number of hydrogen-bond donors (Lipinski definition) is 1. The van der Waals surface area contributed by atoms with Crippen LogP contribution in [0.15, 0.2) is 0 Å². The molecule has 2 rings (SSSR count). The third kappa shape index (κ3) is 4.23. The van der Waals surface area contributed by atoms with Crippen LogP contribution in [0.1, 0.15) is 32.6 Å². The Morgan fingerprint density at radius 3 is 2.41 bits per heavy atom. The van der Waals surface area contributed by atoms with Gasteiger partial charge in [0, 0.05) is 45.3 Å². The van der Waals surface area contributed by atoms with E-state index in [1.54, 1.807) is 0 Å². The first-order chi connectivity index (χ1) is 8.25. The second-order valence-corrected chi connectivity index (χ2v) is 5.93. The highest BCUT2D eigenvalue weighted by Crippen LogP contribution is 2.27. The molecule has 0 radical (unpaired) electrons. The topological polar surface area (TPSA) is 18.5 Å².